The highest BCUT2D eigenvalue weighted by molar-refractivity contribution is 7.89. The zero-order valence-corrected chi connectivity index (χ0v) is 17.6. The van der Waals surface area contributed by atoms with Crippen molar-refractivity contribution < 1.29 is 22.8 Å². The van der Waals surface area contributed by atoms with Gasteiger partial charge in [0.25, 0.3) is 5.91 Å². The molecule has 1 heterocycles. The van der Waals surface area contributed by atoms with Crippen molar-refractivity contribution in [3.05, 3.63) is 60.2 Å². The van der Waals surface area contributed by atoms with Crippen molar-refractivity contribution in [2.75, 3.05) is 26.0 Å². The summed E-state index contributed by atoms with van der Waals surface area (Å²) in [4.78, 5) is 38.5. The second kappa shape index (κ2) is 7.88. The summed E-state index contributed by atoms with van der Waals surface area (Å²) in [7, 11) is -0.734. The molecular weight excluding hydrogens is 408 g/mol. The summed E-state index contributed by atoms with van der Waals surface area (Å²) in [5, 5.41) is 5.20. The van der Waals surface area contributed by atoms with Crippen molar-refractivity contribution in [1.82, 2.24) is 14.5 Å². The number of urea groups is 1. The summed E-state index contributed by atoms with van der Waals surface area (Å²) >= 11 is 0. The number of rotatable bonds is 6. The zero-order valence-electron chi connectivity index (χ0n) is 16.7. The van der Waals surface area contributed by atoms with Crippen molar-refractivity contribution in [2.24, 2.45) is 0 Å². The van der Waals surface area contributed by atoms with E-state index in [-0.39, 0.29) is 4.90 Å². The van der Waals surface area contributed by atoms with Gasteiger partial charge >= 0.3 is 6.03 Å². The number of benzene rings is 2. The van der Waals surface area contributed by atoms with E-state index in [0.29, 0.717) is 11.3 Å². The Labute approximate surface area is 174 Å². The summed E-state index contributed by atoms with van der Waals surface area (Å²) in [6.45, 7) is 1.12. The number of hydrogen-bond donors (Lipinski definition) is 2. The van der Waals surface area contributed by atoms with Crippen LogP contribution in [0.4, 0.5) is 10.5 Å². The third-order valence-electron chi connectivity index (χ3n) is 4.84. The first kappa shape index (κ1) is 21.5. The Hall–Kier alpha value is -3.24. The van der Waals surface area contributed by atoms with E-state index in [9.17, 15) is 22.8 Å². The van der Waals surface area contributed by atoms with Gasteiger partial charge in [-0.25, -0.2) is 17.5 Å². The third-order valence-corrected chi connectivity index (χ3v) is 6.67. The standard InChI is InChI=1S/C20H22N4O5S/c1-20(14-7-5-4-6-8-14)18(26)24(19(27)22-20)13-17(25)21-15-9-11-16(12-10-15)30(28,29)23(2)3/h4-12H,13H2,1-3H3,(H,21,25)(H,22,27). The van der Waals surface area contributed by atoms with E-state index in [1.165, 1.54) is 38.4 Å². The predicted molar refractivity (Wildman–Crippen MR) is 110 cm³/mol. The van der Waals surface area contributed by atoms with Gasteiger partial charge < -0.3 is 10.6 Å². The molecule has 0 aliphatic carbocycles. The Balaban J connectivity index is 1.69. The fourth-order valence-electron chi connectivity index (χ4n) is 3.07. The summed E-state index contributed by atoms with van der Waals surface area (Å²) in [6, 6.07) is 13.7. The monoisotopic (exact) mass is 430 g/mol. The number of nitrogens with zero attached hydrogens (tertiary/aromatic N) is 2. The molecule has 2 N–H and O–H groups in total. The summed E-state index contributed by atoms with van der Waals surface area (Å²) < 4.78 is 25.3. The lowest BCUT2D eigenvalue weighted by Gasteiger charge is -2.22. The lowest BCUT2D eigenvalue weighted by Crippen LogP contribution is -2.42. The molecule has 1 atom stereocenters. The van der Waals surface area contributed by atoms with E-state index in [1.54, 1.807) is 37.3 Å². The van der Waals surface area contributed by atoms with E-state index in [2.05, 4.69) is 10.6 Å². The number of sulfonamides is 1. The van der Waals surface area contributed by atoms with E-state index >= 15 is 0 Å². The Morgan fingerprint density at radius 2 is 1.67 bits per heavy atom. The van der Waals surface area contributed by atoms with E-state index < -0.39 is 40.0 Å². The van der Waals surface area contributed by atoms with Crippen molar-refractivity contribution in [3.63, 3.8) is 0 Å². The molecule has 1 saturated heterocycles. The van der Waals surface area contributed by atoms with Gasteiger partial charge in [-0.15, -0.1) is 0 Å². The minimum atomic E-state index is -3.58. The van der Waals surface area contributed by atoms with Gasteiger partial charge in [0.2, 0.25) is 15.9 Å². The molecule has 158 valence electrons. The Morgan fingerprint density at radius 3 is 2.23 bits per heavy atom. The van der Waals surface area contributed by atoms with Crippen molar-refractivity contribution in [2.45, 2.75) is 17.4 Å². The molecule has 4 amide bonds. The second-order valence-electron chi connectivity index (χ2n) is 7.17. The van der Waals surface area contributed by atoms with Gasteiger partial charge in [0.05, 0.1) is 4.90 Å². The Morgan fingerprint density at radius 1 is 1.07 bits per heavy atom. The normalized spacial score (nSPS) is 19.1. The maximum Gasteiger partial charge on any atom is 0.325 e. The van der Waals surface area contributed by atoms with Gasteiger partial charge in [0, 0.05) is 19.8 Å². The molecule has 1 aliphatic heterocycles. The van der Waals surface area contributed by atoms with Crippen molar-refractivity contribution >= 4 is 33.6 Å². The topological polar surface area (TPSA) is 116 Å². The molecule has 3 rings (SSSR count). The number of anilines is 1. The number of imide groups is 1. The second-order valence-corrected chi connectivity index (χ2v) is 9.32. The average Bonchev–Trinajstić information content (AvgIpc) is 2.93. The van der Waals surface area contributed by atoms with Crippen molar-refractivity contribution in [3.8, 4) is 0 Å². The first-order valence-corrected chi connectivity index (χ1v) is 10.5. The minimum Gasteiger partial charge on any atom is -0.325 e. The maximum absolute atomic E-state index is 12.8. The van der Waals surface area contributed by atoms with Crippen LogP contribution in [0.15, 0.2) is 59.5 Å². The average molecular weight is 430 g/mol. The molecule has 30 heavy (non-hydrogen) atoms. The van der Waals surface area contributed by atoms with Crippen molar-refractivity contribution in [1.29, 1.82) is 0 Å². The molecule has 1 fully saturated rings. The van der Waals surface area contributed by atoms with Gasteiger partial charge in [-0.05, 0) is 36.8 Å². The molecule has 2 aromatic carbocycles. The molecule has 0 aromatic heterocycles. The zero-order chi connectivity index (χ0) is 22.1. The van der Waals surface area contributed by atoms with Crippen LogP contribution in [-0.2, 0) is 25.2 Å². The fraction of sp³-hybridized carbons (Fsp3) is 0.250. The number of hydrogen-bond acceptors (Lipinski definition) is 5. The molecule has 1 aliphatic rings. The molecule has 9 nitrogen and oxygen atoms in total. The largest absolute Gasteiger partial charge is 0.325 e. The lowest BCUT2D eigenvalue weighted by atomic mass is 9.92. The van der Waals surface area contributed by atoms with Gasteiger partial charge in [0.1, 0.15) is 12.1 Å². The fourth-order valence-corrected chi connectivity index (χ4v) is 3.97. The summed E-state index contributed by atoms with van der Waals surface area (Å²) in [5.41, 5.74) is -0.291. The molecule has 1 unspecified atom stereocenters. The van der Waals surface area contributed by atoms with E-state index in [4.69, 9.17) is 0 Å². The molecule has 2 aromatic rings. The highest BCUT2D eigenvalue weighted by Gasteiger charge is 2.49. The van der Waals surface area contributed by atoms with Crippen LogP contribution < -0.4 is 10.6 Å². The first-order valence-electron chi connectivity index (χ1n) is 9.08. The maximum atomic E-state index is 12.8. The predicted octanol–water partition coefficient (Wildman–Crippen LogP) is 1.34. The smallest absolute Gasteiger partial charge is 0.325 e. The van der Waals surface area contributed by atoms with Crippen LogP contribution >= 0.6 is 0 Å². The molecule has 10 heteroatoms. The minimum absolute atomic E-state index is 0.0817. The number of carbonyl (C=O) groups excluding carboxylic acids is 3. The molecule has 0 saturated carbocycles. The van der Waals surface area contributed by atoms with Gasteiger partial charge in [0.15, 0.2) is 0 Å². The van der Waals surface area contributed by atoms with Gasteiger partial charge in [-0.2, -0.15) is 0 Å². The molecular formula is C20H22N4O5S. The van der Waals surface area contributed by atoms with Crippen LogP contribution in [0.2, 0.25) is 0 Å². The third kappa shape index (κ3) is 3.91. The molecule has 0 bridgehead atoms. The SMILES string of the molecule is CN(C)S(=O)(=O)c1ccc(NC(=O)CN2C(=O)NC(C)(c3ccccc3)C2=O)cc1. The van der Waals surface area contributed by atoms with Crippen LogP contribution in [0.1, 0.15) is 12.5 Å². The Bertz CT molecular complexity index is 1080. The van der Waals surface area contributed by atoms with Crippen LogP contribution in [0.5, 0.6) is 0 Å². The summed E-state index contributed by atoms with van der Waals surface area (Å²) in [5.74, 6) is -1.11. The summed E-state index contributed by atoms with van der Waals surface area (Å²) in [6.07, 6.45) is 0. The highest BCUT2D eigenvalue weighted by atomic mass is 32.2. The number of carbonyl (C=O) groups is 3. The van der Waals surface area contributed by atoms with Crippen LogP contribution in [0.25, 0.3) is 0 Å². The van der Waals surface area contributed by atoms with E-state index in [0.717, 1.165) is 9.21 Å². The Kier molecular flexibility index (Phi) is 5.64. The first-order chi connectivity index (χ1) is 14.1. The highest BCUT2D eigenvalue weighted by Crippen LogP contribution is 2.28. The van der Waals surface area contributed by atoms with Crippen LogP contribution in [0, 0.1) is 0 Å². The van der Waals surface area contributed by atoms with Crippen LogP contribution in [-0.4, -0.2) is 56.1 Å². The molecule has 0 spiro atoms. The number of amides is 4. The van der Waals surface area contributed by atoms with E-state index in [1.807, 2.05) is 0 Å². The lowest BCUT2D eigenvalue weighted by molar-refractivity contribution is -0.133. The van der Waals surface area contributed by atoms with Crippen LogP contribution in [0.3, 0.4) is 0 Å². The quantitative estimate of drug-likeness (QED) is 0.671. The van der Waals surface area contributed by atoms with Gasteiger partial charge in [-0.3, -0.25) is 14.5 Å². The molecule has 0 radical (unpaired) electrons. The number of nitrogens with one attached hydrogen (secondary N) is 2. The van der Waals surface area contributed by atoms with Gasteiger partial charge in [-0.1, -0.05) is 30.3 Å².